The van der Waals surface area contributed by atoms with E-state index < -0.39 is 30.4 Å². The Morgan fingerprint density at radius 1 is 1.13 bits per heavy atom. The van der Waals surface area contributed by atoms with Crippen molar-refractivity contribution in [3.05, 3.63) is 29.3 Å². The summed E-state index contributed by atoms with van der Waals surface area (Å²) in [5.74, 6) is 0. The zero-order valence-electron chi connectivity index (χ0n) is 13.0. The maximum absolute atomic E-state index is 12.9. The fraction of sp³-hybridized carbons (Fsp3) is 0.538. The lowest BCUT2D eigenvalue weighted by atomic mass is 10.4. The predicted molar refractivity (Wildman–Crippen MR) is 87.8 cm³/mol. The molecule has 0 aliphatic heterocycles. The van der Waals surface area contributed by atoms with Gasteiger partial charge in [0, 0.05) is 9.92 Å². The van der Waals surface area contributed by atoms with Crippen LogP contribution in [0, 0.1) is 0 Å². The first kappa shape index (κ1) is 22.4. The Hall–Kier alpha value is -0.610. The van der Waals surface area contributed by atoms with E-state index in [4.69, 9.17) is 16.2 Å². The van der Waals surface area contributed by atoms with E-state index in [1.165, 1.54) is 31.8 Å². The monoisotopic (exact) mass is 391 g/mol. The maximum atomic E-state index is 12.9. The topological polar surface area (TPSA) is 74.7 Å². The van der Waals surface area contributed by atoms with E-state index in [9.17, 15) is 21.4 Å². The Labute approximate surface area is 142 Å². The summed E-state index contributed by atoms with van der Waals surface area (Å²) in [6, 6.07) is 4.32. The van der Waals surface area contributed by atoms with Gasteiger partial charge in [-0.3, -0.25) is 4.55 Å². The molecule has 10 heteroatoms. The van der Waals surface area contributed by atoms with Gasteiger partial charge in [-0.15, -0.1) is 0 Å². The highest BCUT2D eigenvalue weighted by Gasteiger charge is 2.51. The van der Waals surface area contributed by atoms with Crippen LogP contribution in [0.25, 0.3) is 0 Å². The van der Waals surface area contributed by atoms with Crippen LogP contribution in [-0.4, -0.2) is 46.3 Å². The minimum atomic E-state index is -5.73. The van der Waals surface area contributed by atoms with E-state index in [0.29, 0.717) is 0 Å². The first-order valence-corrected chi connectivity index (χ1v) is 9.72. The number of rotatable bonds is 6. The average Bonchev–Trinajstić information content (AvgIpc) is 2.48. The molecule has 1 rings (SSSR count). The van der Waals surface area contributed by atoms with E-state index in [2.05, 4.69) is 25.7 Å². The highest BCUT2D eigenvalue weighted by atomic mass is 35.5. The lowest BCUT2D eigenvalue weighted by Crippen LogP contribution is -2.33. The second-order valence-electron chi connectivity index (χ2n) is 4.28. The Morgan fingerprint density at radius 2 is 1.52 bits per heavy atom. The summed E-state index contributed by atoms with van der Waals surface area (Å²) in [4.78, 5) is 1.92. The van der Waals surface area contributed by atoms with Crippen molar-refractivity contribution in [2.75, 3.05) is 19.6 Å². The van der Waals surface area contributed by atoms with Crippen LogP contribution in [0.2, 0.25) is 5.02 Å². The normalized spacial score (nSPS) is 13.4. The van der Waals surface area contributed by atoms with Gasteiger partial charge in [0.25, 0.3) is 0 Å². The van der Waals surface area contributed by atoms with Gasteiger partial charge in [-0.1, -0.05) is 32.4 Å². The van der Waals surface area contributed by atoms with Crippen molar-refractivity contribution in [3.8, 4) is 0 Å². The van der Waals surface area contributed by atoms with Crippen molar-refractivity contribution in [2.45, 2.75) is 30.3 Å². The molecule has 0 heterocycles. The second-order valence-corrected chi connectivity index (χ2v) is 7.96. The number of hydrogen-bond donors (Lipinski definition) is 1. The van der Waals surface area contributed by atoms with Crippen LogP contribution in [0.15, 0.2) is 29.2 Å². The lowest BCUT2D eigenvalue weighted by Gasteiger charge is -2.13. The van der Waals surface area contributed by atoms with E-state index in [-0.39, 0.29) is 5.02 Å². The smallest absolute Gasteiger partial charge is 0.304 e. The third kappa shape index (κ3) is 6.80. The Kier molecular flexibility index (Phi) is 9.37. The molecule has 0 aliphatic rings. The molecule has 0 radical (unpaired) electrons. The first-order valence-electron chi connectivity index (χ1n) is 6.75. The molecule has 0 aliphatic carbocycles. The number of benzene rings is 1. The summed E-state index contributed by atoms with van der Waals surface area (Å²) < 4.78 is 61.2. The fourth-order valence-electron chi connectivity index (χ4n) is 1.46. The SMILES string of the molecule is CCN(CC)CC.O=S(c1ccc(Cl)cc1)C(F)(F)S(=O)(=O)O. The predicted octanol–water partition coefficient (Wildman–Crippen LogP) is 3.23. The fourth-order valence-corrected chi connectivity index (χ4v) is 3.30. The molecule has 1 aromatic carbocycles. The molecule has 0 bridgehead atoms. The summed E-state index contributed by atoms with van der Waals surface area (Å²) in [5, 5.41) is 0.218. The standard InChI is InChI=1S/C7H5ClF2O4S2.C6H15N/c8-5-1-3-6(4-2-5)15(11)7(9,10)16(12,13)14;1-4-7(5-2)6-3/h1-4H,(H,12,13,14);4-6H2,1-3H3. The largest absolute Gasteiger partial charge is 0.449 e. The van der Waals surface area contributed by atoms with Gasteiger partial charge in [-0.2, -0.15) is 17.2 Å². The number of halogens is 3. The number of nitrogens with zero attached hydrogens (tertiary/aromatic N) is 1. The summed E-state index contributed by atoms with van der Waals surface area (Å²) in [6.45, 7) is 10.1. The van der Waals surface area contributed by atoms with Crippen molar-refractivity contribution in [2.24, 2.45) is 0 Å². The van der Waals surface area contributed by atoms with Gasteiger partial charge in [0.1, 0.15) is 10.8 Å². The van der Waals surface area contributed by atoms with Gasteiger partial charge >= 0.3 is 14.7 Å². The van der Waals surface area contributed by atoms with Crippen LogP contribution in [0.5, 0.6) is 0 Å². The van der Waals surface area contributed by atoms with Crippen molar-refractivity contribution in [3.63, 3.8) is 0 Å². The summed E-state index contributed by atoms with van der Waals surface area (Å²) in [6.07, 6.45) is 0. The van der Waals surface area contributed by atoms with Crippen LogP contribution in [0.4, 0.5) is 8.78 Å². The molecule has 0 saturated carbocycles. The van der Waals surface area contributed by atoms with Crippen molar-refractivity contribution in [1.29, 1.82) is 0 Å². The minimum absolute atomic E-state index is 0.218. The van der Waals surface area contributed by atoms with E-state index in [1.807, 2.05) is 0 Å². The molecule has 134 valence electrons. The van der Waals surface area contributed by atoms with Gasteiger partial charge in [-0.25, -0.2) is 4.21 Å². The molecule has 1 unspecified atom stereocenters. The molecule has 0 saturated heterocycles. The quantitative estimate of drug-likeness (QED) is 0.753. The van der Waals surface area contributed by atoms with Gasteiger partial charge in [0.05, 0.1) is 0 Å². The maximum Gasteiger partial charge on any atom is 0.449 e. The first-order chi connectivity index (χ1) is 10.5. The average molecular weight is 392 g/mol. The molecule has 1 aromatic rings. The van der Waals surface area contributed by atoms with Crippen LogP contribution < -0.4 is 0 Å². The lowest BCUT2D eigenvalue weighted by molar-refractivity contribution is 0.173. The van der Waals surface area contributed by atoms with Crippen LogP contribution in [0.1, 0.15) is 20.8 Å². The van der Waals surface area contributed by atoms with Gasteiger partial charge < -0.3 is 4.90 Å². The van der Waals surface area contributed by atoms with Crippen LogP contribution in [0.3, 0.4) is 0 Å². The molecule has 5 nitrogen and oxygen atoms in total. The number of hydrogen-bond acceptors (Lipinski definition) is 4. The Balaban J connectivity index is 0.000000585. The molecule has 1 N–H and O–H groups in total. The Bertz CT molecular complexity index is 599. The zero-order valence-corrected chi connectivity index (χ0v) is 15.4. The van der Waals surface area contributed by atoms with E-state index in [1.54, 1.807) is 0 Å². The molecule has 0 aromatic heterocycles. The highest BCUT2D eigenvalue weighted by molar-refractivity contribution is 8.04. The molecule has 23 heavy (non-hydrogen) atoms. The molecule has 0 spiro atoms. The van der Waals surface area contributed by atoms with Crippen molar-refractivity contribution in [1.82, 2.24) is 4.90 Å². The highest BCUT2D eigenvalue weighted by Crippen LogP contribution is 2.30. The molecule has 0 amide bonds. The third-order valence-corrected chi connectivity index (χ3v) is 5.96. The van der Waals surface area contributed by atoms with E-state index >= 15 is 0 Å². The van der Waals surface area contributed by atoms with Gasteiger partial charge in [0.15, 0.2) is 0 Å². The number of alkyl halides is 2. The Morgan fingerprint density at radius 3 is 1.78 bits per heavy atom. The molecular formula is C13H20ClF2NO4S2. The third-order valence-electron chi connectivity index (χ3n) is 2.89. The molecule has 1 atom stereocenters. The second kappa shape index (κ2) is 9.63. The van der Waals surface area contributed by atoms with Crippen molar-refractivity contribution < 1.29 is 26.0 Å². The van der Waals surface area contributed by atoms with Crippen LogP contribution >= 0.6 is 11.6 Å². The van der Waals surface area contributed by atoms with Crippen LogP contribution in [-0.2, 0) is 20.9 Å². The molecular weight excluding hydrogens is 372 g/mol. The minimum Gasteiger partial charge on any atom is -0.304 e. The van der Waals surface area contributed by atoms with Gasteiger partial charge in [0.2, 0.25) is 0 Å². The zero-order chi connectivity index (χ0) is 18.3. The summed E-state index contributed by atoms with van der Waals surface area (Å²) >= 11 is 5.47. The summed E-state index contributed by atoms with van der Waals surface area (Å²) in [7, 11) is -8.93. The van der Waals surface area contributed by atoms with E-state index in [0.717, 1.165) is 12.1 Å². The summed E-state index contributed by atoms with van der Waals surface area (Å²) in [5.41, 5.74) is 0. The van der Waals surface area contributed by atoms with Gasteiger partial charge in [-0.05, 0) is 43.9 Å². The van der Waals surface area contributed by atoms with Crippen molar-refractivity contribution >= 4 is 32.5 Å². The molecule has 0 fully saturated rings.